The third-order valence-electron chi connectivity index (χ3n) is 10.4. The smallest absolute Gasteiger partial charge is 0.278 e. The number of hydrogen-bond acceptors (Lipinski definition) is 6. The van der Waals surface area contributed by atoms with Crippen LogP contribution in [0.2, 0.25) is 0 Å². The van der Waals surface area contributed by atoms with Gasteiger partial charge in [-0.15, -0.1) is 0 Å². The van der Waals surface area contributed by atoms with Crippen LogP contribution in [-0.2, 0) is 44.6 Å². The number of pyridine rings is 2. The summed E-state index contributed by atoms with van der Waals surface area (Å²) in [4.78, 5) is 59.8. The van der Waals surface area contributed by atoms with E-state index in [9.17, 15) is 45.5 Å². The van der Waals surface area contributed by atoms with Crippen LogP contribution in [0.4, 0.5) is 26.3 Å². The van der Waals surface area contributed by atoms with Crippen molar-refractivity contribution in [1.29, 1.82) is 0 Å². The Balaban J connectivity index is 0.000000162. The first-order chi connectivity index (χ1) is 24.6. The van der Waals surface area contributed by atoms with Gasteiger partial charge in [-0.25, -0.2) is 0 Å². The summed E-state index contributed by atoms with van der Waals surface area (Å²) in [6, 6.07) is 23.0. The highest BCUT2D eigenvalue weighted by Crippen LogP contribution is 2.66. The first kappa shape index (κ1) is 35.0. The molecule has 4 amide bonds. The molecule has 4 atom stereocenters. The van der Waals surface area contributed by atoms with E-state index >= 15 is 0 Å². The van der Waals surface area contributed by atoms with Gasteiger partial charge in [0.1, 0.15) is 11.4 Å². The molecule has 0 bridgehead atoms. The maximum Gasteiger partial charge on any atom is 0.433 e. The van der Waals surface area contributed by atoms with Crippen molar-refractivity contribution in [3.63, 3.8) is 0 Å². The summed E-state index contributed by atoms with van der Waals surface area (Å²) < 4.78 is 75.8. The summed E-state index contributed by atoms with van der Waals surface area (Å²) in [6.07, 6.45) is -5.52. The molecule has 268 valence electrons. The lowest BCUT2D eigenvalue weighted by Gasteiger charge is -2.15. The third-order valence-corrected chi connectivity index (χ3v) is 10.4. The Hall–Kier alpha value is -5.40. The molecule has 4 heterocycles. The van der Waals surface area contributed by atoms with Crippen LogP contribution in [0.3, 0.4) is 0 Å². The molecule has 4 aromatic rings. The van der Waals surface area contributed by atoms with Crippen LogP contribution in [0, 0.1) is 10.8 Å². The molecular formula is C38H30F6N4O4. The van der Waals surface area contributed by atoms with E-state index in [1.165, 1.54) is 34.3 Å². The molecule has 2 aromatic heterocycles. The molecule has 3 unspecified atom stereocenters. The summed E-state index contributed by atoms with van der Waals surface area (Å²) >= 11 is 0. The normalized spacial score (nSPS) is 25.2. The highest BCUT2D eigenvalue weighted by Gasteiger charge is 2.68. The van der Waals surface area contributed by atoms with Crippen molar-refractivity contribution in [2.45, 2.75) is 63.0 Å². The minimum absolute atomic E-state index is 0.102. The Morgan fingerprint density at radius 1 is 0.558 bits per heavy atom. The fourth-order valence-corrected chi connectivity index (χ4v) is 7.40. The monoisotopic (exact) mass is 720 g/mol. The van der Waals surface area contributed by atoms with Crippen LogP contribution in [0.15, 0.2) is 97.3 Å². The number of nitrogens with zero attached hydrogens (tertiary/aromatic N) is 4. The second-order valence-electron chi connectivity index (χ2n) is 13.7. The molecule has 8 nitrogen and oxygen atoms in total. The lowest BCUT2D eigenvalue weighted by atomic mass is 9.98. The molecule has 0 radical (unpaired) electrons. The molecule has 2 aliphatic carbocycles. The number of aromatic nitrogens is 2. The Kier molecular flexibility index (Phi) is 8.54. The molecule has 2 aliphatic heterocycles. The summed E-state index contributed by atoms with van der Waals surface area (Å²) in [5, 5.41) is 0. The molecule has 4 aliphatic rings. The lowest BCUT2D eigenvalue weighted by molar-refractivity contribution is -0.142. The van der Waals surface area contributed by atoms with Crippen molar-refractivity contribution in [3.05, 3.63) is 131 Å². The summed E-state index contributed by atoms with van der Waals surface area (Å²) in [6.45, 7) is 0.441. The standard InChI is InChI=1S/2C19H15F3N2O2/c2*20-19(21,22)15-7-6-13(10-23-15)14-8-18(14)9-16(25)24(17(18)26)11-12-4-2-1-3-5-12/h2*1-7,10,14H,8-9,11H2/t14?,18-;/m0./s1. The molecule has 2 spiro atoms. The van der Waals surface area contributed by atoms with E-state index in [4.69, 9.17) is 0 Å². The van der Waals surface area contributed by atoms with Gasteiger partial charge in [0.05, 0.1) is 23.9 Å². The van der Waals surface area contributed by atoms with Gasteiger partial charge in [-0.05, 0) is 47.2 Å². The number of rotatable bonds is 6. The quantitative estimate of drug-likeness (QED) is 0.156. The van der Waals surface area contributed by atoms with Gasteiger partial charge in [0.2, 0.25) is 23.6 Å². The number of carbonyl (C=O) groups is 4. The van der Waals surface area contributed by atoms with Gasteiger partial charge in [-0.3, -0.25) is 38.9 Å². The van der Waals surface area contributed by atoms with E-state index in [1.807, 2.05) is 60.7 Å². The first-order valence-electron chi connectivity index (χ1n) is 16.5. The summed E-state index contributed by atoms with van der Waals surface area (Å²) in [5.41, 5.74) is -0.688. The number of carbonyl (C=O) groups excluding carboxylic acids is 4. The van der Waals surface area contributed by atoms with Crippen molar-refractivity contribution in [1.82, 2.24) is 19.8 Å². The molecule has 2 saturated heterocycles. The van der Waals surface area contributed by atoms with Crippen molar-refractivity contribution >= 4 is 23.6 Å². The fourth-order valence-electron chi connectivity index (χ4n) is 7.40. The lowest BCUT2D eigenvalue weighted by Crippen LogP contribution is -2.30. The summed E-state index contributed by atoms with van der Waals surface area (Å²) in [7, 11) is 0. The predicted molar refractivity (Wildman–Crippen MR) is 171 cm³/mol. The van der Waals surface area contributed by atoms with E-state index < -0.39 is 34.6 Å². The maximum atomic E-state index is 12.8. The number of halogens is 6. The van der Waals surface area contributed by atoms with Crippen molar-refractivity contribution < 1.29 is 45.5 Å². The van der Waals surface area contributed by atoms with E-state index in [1.54, 1.807) is 0 Å². The zero-order valence-corrected chi connectivity index (χ0v) is 27.3. The molecule has 2 saturated carbocycles. The number of amides is 4. The zero-order valence-electron chi connectivity index (χ0n) is 27.3. The van der Waals surface area contributed by atoms with Gasteiger partial charge in [-0.2, -0.15) is 26.3 Å². The molecule has 4 fully saturated rings. The first-order valence-corrected chi connectivity index (χ1v) is 16.5. The van der Waals surface area contributed by atoms with Crippen molar-refractivity contribution in [2.75, 3.05) is 0 Å². The Morgan fingerprint density at radius 3 is 1.23 bits per heavy atom. The van der Waals surface area contributed by atoms with Crippen LogP contribution < -0.4 is 0 Å². The molecule has 8 rings (SSSR count). The minimum Gasteiger partial charge on any atom is -0.278 e. The SMILES string of the molecule is O=C1CC2(CC2c2ccc(C(F)(F)F)nc2)C(=O)N1Cc1ccccc1.O=C1C[C@]2(CC2c2ccc(C(F)(F)F)nc2)C(=O)N1Cc1ccccc1. The molecule has 0 N–H and O–H groups in total. The second kappa shape index (κ2) is 12.7. The van der Waals surface area contributed by atoms with E-state index in [-0.39, 0.29) is 61.4 Å². The molecule has 2 aromatic carbocycles. The maximum absolute atomic E-state index is 12.8. The van der Waals surface area contributed by atoms with Gasteiger partial charge in [0, 0.05) is 37.1 Å². The number of benzene rings is 2. The molecular weight excluding hydrogens is 690 g/mol. The van der Waals surface area contributed by atoms with E-state index in [0.29, 0.717) is 24.0 Å². The average Bonchev–Trinajstić information content (AvgIpc) is 4.00. The second-order valence-corrected chi connectivity index (χ2v) is 13.7. The van der Waals surface area contributed by atoms with Gasteiger partial charge in [0.25, 0.3) is 0 Å². The average molecular weight is 721 g/mol. The number of hydrogen-bond donors (Lipinski definition) is 0. The number of imide groups is 2. The Labute approximate surface area is 293 Å². The van der Waals surface area contributed by atoms with Crippen LogP contribution >= 0.6 is 0 Å². The van der Waals surface area contributed by atoms with E-state index in [2.05, 4.69) is 9.97 Å². The molecule has 14 heteroatoms. The number of alkyl halides is 6. The van der Waals surface area contributed by atoms with Gasteiger partial charge in [-0.1, -0.05) is 72.8 Å². The third kappa shape index (κ3) is 6.46. The van der Waals surface area contributed by atoms with Crippen LogP contribution in [-0.4, -0.2) is 43.4 Å². The minimum atomic E-state index is -4.49. The highest BCUT2D eigenvalue weighted by molar-refractivity contribution is 6.09. The van der Waals surface area contributed by atoms with Crippen molar-refractivity contribution in [2.24, 2.45) is 10.8 Å². The largest absolute Gasteiger partial charge is 0.433 e. The van der Waals surface area contributed by atoms with Gasteiger partial charge >= 0.3 is 12.4 Å². The number of likely N-dealkylation sites (tertiary alicyclic amines) is 2. The summed E-state index contributed by atoms with van der Waals surface area (Å²) in [5.74, 6) is -1.46. The fraction of sp³-hybridized carbons (Fsp3) is 0.316. The highest BCUT2D eigenvalue weighted by atomic mass is 19.4. The van der Waals surface area contributed by atoms with Gasteiger partial charge < -0.3 is 0 Å². The van der Waals surface area contributed by atoms with Gasteiger partial charge in [0.15, 0.2) is 0 Å². The van der Waals surface area contributed by atoms with Crippen LogP contribution in [0.25, 0.3) is 0 Å². The predicted octanol–water partition coefficient (Wildman–Crippen LogP) is 7.07. The van der Waals surface area contributed by atoms with Crippen molar-refractivity contribution in [3.8, 4) is 0 Å². The van der Waals surface area contributed by atoms with Crippen LogP contribution in [0.1, 0.15) is 71.2 Å². The molecule has 52 heavy (non-hydrogen) atoms. The zero-order chi connectivity index (χ0) is 37.1. The topological polar surface area (TPSA) is 101 Å². The van der Waals surface area contributed by atoms with E-state index in [0.717, 1.165) is 23.3 Å². The Morgan fingerprint density at radius 2 is 0.923 bits per heavy atom. The van der Waals surface area contributed by atoms with Crippen LogP contribution in [0.5, 0.6) is 0 Å². The Bertz CT molecular complexity index is 1880.